The van der Waals surface area contributed by atoms with Gasteiger partial charge in [0, 0.05) is 11.6 Å². The molecule has 3 nitrogen and oxygen atoms in total. The van der Waals surface area contributed by atoms with Gasteiger partial charge in [0.1, 0.15) is 5.54 Å². The van der Waals surface area contributed by atoms with Gasteiger partial charge >= 0.3 is 0 Å². The highest BCUT2D eigenvalue weighted by Gasteiger charge is 2.35. The second-order valence-electron chi connectivity index (χ2n) is 4.17. The van der Waals surface area contributed by atoms with Gasteiger partial charge in [0.2, 0.25) is 5.91 Å². The standard InChI is InChI=1S/C12H15ClN2O/c1-12(9-4-2-5-10(13)8-9)11(16)14-6-3-7-15-12/h2,4-5,8,15H,3,6-7H2,1H3,(H,14,16). The summed E-state index contributed by atoms with van der Waals surface area (Å²) in [5, 5.41) is 6.84. The highest BCUT2D eigenvalue weighted by molar-refractivity contribution is 6.30. The van der Waals surface area contributed by atoms with Crippen molar-refractivity contribution in [2.24, 2.45) is 0 Å². The van der Waals surface area contributed by atoms with Crippen LogP contribution < -0.4 is 10.6 Å². The summed E-state index contributed by atoms with van der Waals surface area (Å²) in [4.78, 5) is 12.0. The van der Waals surface area contributed by atoms with Crippen molar-refractivity contribution in [1.82, 2.24) is 10.6 Å². The Morgan fingerprint density at radius 1 is 1.38 bits per heavy atom. The maximum atomic E-state index is 12.0. The molecule has 0 bridgehead atoms. The summed E-state index contributed by atoms with van der Waals surface area (Å²) in [6, 6.07) is 7.43. The van der Waals surface area contributed by atoms with Crippen LogP contribution in [0.4, 0.5) is 0 Å². The molecule has 1 unspecified atom stereocenters. The van der Waals surface area contributed by atoms with Gasteiger partial charge in [-0.1, -0.05) is 23.7 Å². The molecule has 1 saturated heterocycles. The molecule has 1 aromatic rings. The molecule has 0 aromatic heterocycles. The number of amides is 1. The van der Waals surface area contributed by atoms with Gasteiger partial charge in [-0.25, -0.2) is 0 Å². The van der Waals surface area contributed by atoms with E-state index in [-0.39, 0.29) is 5.91 Å². The van der Waals surface area contributed by atoms with Crippen LogP contribution in [-0.2, 0) is 10.3 Å². The Labute approximate surface area is 100 Å². The van der Waals surface area contributed by atoms with Crippen LogP contribution in [0.25, 0.3) is 0 Å². The van der Waals surface area contributed by atoms with Gasteiger partial charge in [-0.2, -0.15) is 0 Å². The van der Waals surface area contributed by atoms with Gasteiger partial charge in [0.05, 0.1) is 0 Å². The Morgan fingerprint density at radius 2 is 2.19 bits per heavy atom. The first kappa shape index (κ1) is 11.4. The van der Waals surface area contributed by atoms with Crippen molar-refractivity contribution in [3.8, 4) is 0 Å². The predicted octanol–water partition coefficient (Wildman–Crippen LogP) is 1.66. The molecule has 4 heteroatoms. The van der Waals surface area contributed by atoms with E-state index < -0.39 is 5.54 Å². The fraction of sp³-hybridized carbons (Fsp3) is 0.417. The smallest absolute Gasteiger partial charge is 0.244 e. The average molecular weight is 239 g/mol. The number of carbonyl (C=O) groups excluding carboxylic acids is 1. The number of halogens is 1. The van der Waals surface area contributed by atoms with Crippen LogP contribution in [0.15, 0.2) is 24.3 Å². The van der Waals surface area contributed by atoms with E-state index in [2.05, 4.69) is 10.6 Å². The first-order valence-corrected chi connectivity index (χ1v) is 5.80. The molecule has 1 aliphatic rings. The summed E-state index contributed by atoms with van der Waals surface area (Å²) in [6.45, 7) is 3.43. The van der Waals surface area contributed by atoms with Crippen LogP contribution in [-0.4, -0.2) is 19.0 Å². The van der Waals surface area contributed by atoms with Crippen LogP contribution in [0.2, 0.25) is 5.02 Å². The highest BCUT2D eigenvalue weighted by atomic mass is 35.5. The van der Waals surface area contributed by atoms with Crippen molar-refractivity contribution >= 4 is 17.5 Å². The molecule has 16 heavy (non-hydrogen) atoms. The predicted molar refractivity (Wildman–Crippen MR) is 64.4 cm³/mol. The third kappa shape index (κ3) is 2.06. The normalized spacial score (nSPS) is 26.0. The summed E-state index contributed by atoms with van der Waals surface area (Å²) >= 11 is 5.96. The van der Waals surface area contributed by atoms with Crippen LogP contribution in [0.5, 0.6) is 0 Å². The molecule has 2 rings (SSSR count). The van der Waals surface area contributed by atoms with Crippen LogP contribution in [0.3, 0.4) is 0 Å². The van der Waals surface area contributed by atoms with E-state index in [0.717, 1.165) is 25.1 Å². The van der Waals surface area contributed by atoms with Crippen molar-refractivity contribution in [3.63, 3.8) is 0 Å². The zero-order valence-electron chi connectivity index (χ0n) is 9.22. The van der Waals surface area contributed by atoms with Gasteiger partial charge in [0.15, 0.2) is 0 Å². The lowest BCUT2D eigenvalue weighted by molar-refractivity contribution is -0.126. The van der Waals surface area contributed by atoms with E-state index in [1.165, 1.54) is 0 Å². The number of hydrogen-bond donors (Lipinski definition) is 2. The average Bonchev–Trinajstić information content (AvgIpc) is 2.43. The summed E-state index contributed by atoms with van der Waals surface area (Å²) in [5.41, 5.74) is 0.223. The molecule has 1 amide bonds. The SMILES string of the molecule is CC1(c2cccc(Cl)c2)NCCCNC1=O. The Morgan fingerprint density at radius 3 is 2.94 bits per heavy atom. The highest BCUT2D eigenvalue weighted by Crippen LogP contribution is 2.24. The molecule has 0 radical (unpaired) electrons. The lowest BCUT2D eigenvalue weighted by Crippen LogP contribution is -2.49. The maximum Gasteiger partial charge on any atom is 0.244 e. The largest absolute Gasteiger partial charge is 0.354 e. The third-order valence-electron chi connectivity index (χ3n) is 2.97. The third-order valence-corrected chi connectivity index (χ3v) is 3.21. The topological polar surface area (TPSA) is 41.1 Å². The van der Waals surface area contributed by atoms with Crippen LogP contribution >= 0.6 is 11.6 Å². The summed E-state index contributed by atoms with van der Waals surface area (Å²) in [5.74, 6) is 0.00673. The molecule has 1 aliphatic heterocycles. The molecule has 0 spiro atoms. The Balaban J connectivity index is 2.38. The number of rotatable bonds is 1. The van der Waals surface area contributed by atoms with Crippen molar-refractivity contribution in [1.29, 1.82) is 0 Å². The molecule has 1 heterocycles. The van der Waals surface area contributed by atoms with E-state index in [4.69, 9.17) is 11.6 Å². The number of carbonyl (C=O) groups is 1. The van der Waals surface area contributed by atoms with Crippen molar-refractivity contribution in [2.75, 3.05) is 13.1 Å². The maximum absolute atomic E-state index is 12.0. The Bertz CT molecular complexity index is 408. The zero-order valence-corrected chi connectivity index (χ0v) is 9.97. The Hall–Kier alpha value is -1.06. The summed E-state index contributed by atoms with van der Waals surface area (Å²) in [7, 11) is 0. The molecule has 1 fully saturated rings. The van der Waals surface area contributed by atoms with Gasteiger partial charge in [0.25, 0.3) is 0 Å². The molecular formula is C12H15ClN2O. The molecule has 0 aliphatic carbocycles. The van der Waals surface area contributed by atoms with E-state index in [1.54, 1.807) is 0 Å². The van der Waals surface area contributed by atoms with Crippen LogP contribution in [0, 0.1) is 0 Å². The van der Waals surface area contributed by atoms with E-state index in [1.807, 2.05) is 31.2 Å². The van der Waals surface area contributed by atoms with Gasteiger partial charge in [-0.15, -0.1) is 0 Å². The summed E-state index contributed by atoms with van der Waals surface area (Å²) in [6.07, 6.45) is 0.946. The van der Waals surface area contributed by atoms with Crippen molar-refractivity contribution in [3.05, 3.63) is 34.9 Å². The first-order chi connectivity index (χ1) is 7.63. The fourth-order valence-corrected chi connectivity index (χ4v) is 2.11. The quantitative estimate of drug-likeness (QED) is 0.782. The number of benzene rings is 1. The minimum Gasteiger partial charge on any atom is -0.354 e. The minimum absolute atomic E-state index is 0.00673. The van der Waals surface area contributed by atoms with E-state index >= 15 is 0 Å². The number of nitrogens with one attached hydrogen (secondary N) is 2. The fourth-order valence-electron chi connectivity index (χ4n) is 1.92. The number of hydrogen-bond acceptors (Lipinski definition) is 2. The zero-order chi connectivity index (χ0) is 11.6. The molecule has 1 aromatic carbocycles. The van der Waals surface area contributed by atoms with Crippen molar-refractivity contribution in [2.45, 2.75) is 18.9 Å². The van der Waals surface area contributed by atoms with E-state index in [9.17, 15) is 4.79 Å². The van der Waals surface area contributed by atoms with Crippen LogP contribution in [0.1, 0.15) is 18.9 Å². The van der Waals surface area contributed by atoms with Gasteiger partial charge in [-0.05, 0) is 37.6 Å². The first-order valence-electron chi connectivity index (χ1n) is 5.42. The molecule has 1 atom stereocenters. The lowest BCUT2D eigenvalue weighted by Gasteiger charge is -2.28. The lowest BCUT2D eigenvalue weighted by atomic mass is 9.91. The minimum atomic E-state index is -0.679. The van der Waals surface area contributed by atoms with Crippen molar-refractivity contribution < 1.29 is 4.79 Å². The molecule has 0 saturated carbocycles. The second-order valence-corrected chi connectivity index (χ2v) is 4.61. The molecule has 2 N–H and O–H groups in total. The Kier molecular flexibility index (Phi) is 3.17. The van der Waals surface area contributed by atoms with Gasteiger partial charge in [-0.3, -0.25) is 10.1 Å². The second kappa shape index (κ2) is 4.44. The van der Waals surface area contributed by atoms with Gasteiger partial charge < -0.3 is 5.32 Å². The summed E-state index contributed by atoms with van der Waals surface area (Å²) < 4.78 is 0. The van der Waals surface area contributed by atoms with E-state index in [0.29, 0.717) is 5.02 Å². The monoisotopic (exact) mass is 238 g/mol. The molecule has 86 valence electrons. The molecular weight excluding hydrogens is 224 g/mol.